The van der Waals surface area contributed by atoms with Gasteiger partial charge in [-0.2, -0.15) is 0 Å². The minimum Gasteiger partial charge on any atom is -0.462 e. The standard InChI is InChI=1S/C68H126O6/c1-4-7-10-13-16-19-22-25-28-30-32-33-34-35-37-38-40-43-46-49-52-55-58-61-67(70)73-64-65(63-72-66(69)60-57-54-51-48-45-42-27-24-21-18-15-12-9-6-3)74-68(71)62-59-56-53-50-47-44-41-39-36-31-29-26-23-20-17-14-11-8-5-2/h15,18,24,27,30,32,65H,4-14,16-17,19-23,25-26,28-29,31,33-64H2,1-3H3/b18-15-,27-24-,32-30-. The summed E-state index contributed by atoms with van der Waals surface area (Å²) in [4.78, 5) is 38.3. The van der Waals surface area contributed by atoms with Crippen LogP contribution < -0.4 is 0 Å². The van der Waals surface area contributed by atoms with Crippen LogP contribution in [0, 0.1) is 0 Å². The van der Waals surface area contributed by atoms with E-state index < -0.39 is 6.10 Å². The summed E-state index contributed by atoms with van der Waals surface area (Å²) in [5.41, 5.74) is 0. The Labute approximate surface area is 461 Å². The molecule has 434 valence electrons. The predicted molar refractivity (Wildman–Crippen MR) is 321 cm³/mol. The third kappa shape index (κ3) is 60.5. The molecule has 74 heavy (non-hydrogen) atoms. The second kappa shape index (κ2) is 63.2. The average molecular weight is 1040 g/mol. The Kier molecular flexibility index (Phi) is 61.1. The number of unbranched alkanes of at least 4 members (excludes halogenated alkanes) is 44. The lowest BCUT2D eigenvalue weighted by molar-refractivity contribution is -0.167. The van der Waals surface area contributed by atoms with Gasteiger partial charge in [-0.25, -0.2) is 0 Å². The molecule has 0 saturated heterocycles. The summed E-state index contributed by atoms with van der Waals surface area (Å²) >= 11 is 0. The normalized spacial score (nSPS) is 12.2. The number of hydrogen-bond acceptors (Lipinski definition) is 6. The maximum absolute atomic E-state index is 12.9. The molecule has 0 N–H and O–H groups in total. The number of carbonyl (C=O) groups excluding carboxylic acids is 3. The molecule has 0 aromatic carbocycles. The van der Waals surface area contributed by atoms with Gasteiger partial charge in [0.25, 0.3) is 0 Å². The summed E-state index contributed by atoms with van der Waals surface area (Å²) in [5.74, 6) is -0.863. The van der Waals surface area contributed by atoms with Gasteiger partial charge in [-0.3, -0.25) is 14.4 Å². The monoisotopic (exact) mass is 1040 g/mol. The molecule has 6 heteroatoms. The third-order valence-electron chi connectivity index (χ3n) is 14.9. The van der Waals surface area contributed by atoms with Gasteiger partial charge in [0, 0.05) is 19.3 Å². The summed E-state index contributed by atoms with van der Waals surface area (Å²) in [5, 5.41) is 0. The minimum absolute atomic E-state index is 0.0727. The van der Waals surface area contributed by atoms with Crippen LogP contribution in [0.1, 0.15) is 361 Å². The Balaban J connectivity index is 4.28. The van der Waals surface area contributed by atoms with Crippen molar-refractivity contribution in [1.82, 2.24) is 0 Å². The molecule has 0 heterocycles. The van der Waals surface area contributed by atoms with E-state index in [4.69, 9.17) is 14.2 Å². The molecular weight excluding hydrogens is 913 g/mol. The fraction of sp³-hybridized carbons (Fsp3) is 0.868. The molecule has 0 saturated carbocycles. The van der Waals surface area contributed by atoms with Crippen molar-refractivity contribution in [3.8, 4) is 0 Å². The smallest absolute Gasteiger partial charge is 0.306 e. The van der Waals surface area contributed by atoms with Crippen LogP contribution in [0.5, 0.6) is 0 Å². The van der Waals surface area contributed by atoms with Gasteiger partial charge >= 0.3 is 17.9 Å². The number of allylic oxidation sites excluding steroid dienone is 6. The van der Waals surface area contributed by atoms with Gasteiger partial charge in [0.2, 0.25) is 0 Å². The lowest BCUT2D eigenvalue weighted by Gasteiger charge is -2.18. The molecule has 0 bridgehead atoms. The Hall–Kier alpha value is -2.37. The fourth-order valence-electron chi connectivity index (χ4n) is 9.87. The van der Waals surface area contributed by atoms with Crippen molar-refractivity contribution >= 4 is 17.9 Å². The zero-order chi connectivity index (χ0) is 53.6. The SMILES string of the molecule is CCCC/C=C\C/C=C\CCCCCCCC(=O)OCC(COC(=O)CCCCCCCCCCCCC/C=C\CCCCCCCCCC)OC(=O)CCCCCCCCCCCCCCCCCCCCC. The first-order valence-corrected chi connectivity index (χ1v) is 33.0. The van der Waals surface area contributed by atoms with Crippen LogP contribution in [0.4, 0.5) is 0 Å². The summed E-state index contributed by atoms with van der Waals surface area (Å²) in [7, 11) is 0. The molecule has 0 radical (unpaired) electrons. The summed E-state index contributed by atoms with van der Waals surface area (Å²) < 4.78 is 16.9. The topological polar surface area (TPSA) is 78.9 Å². The predicted octanol–water partition coefficient (Wildman–Crippen LogP) is 22.4. The highest BCUT2D eigenvalue weighted by Crippen LogP contribution is 2.18. The van der Waals surface area contributed by atoms with E-state index in [0.29, 0.717) is 19.3 Å². The van der Waals surface area contributed by atoms with Crippen LogP contribution in [-0.2, 0) is 28.6 Å². The summed E-state index contributed by atoms with van der Waals surface area (Å²) in [6.07, 6.45) is 77.3. The van der Waals surface area contributed by atoms with Crippen molar-refractivity contribution in [1.29, 1.82) is 0 Å². The van der Waals surface area contributed by atoms with Gasteiger partial charge in [0.15, 0.2) is 6.10 Å². The van der Waals surface area contributed by atoms with E-state index in [2.05, 4.69) is 57.2 Å². The van der Waals surface area contributed by atoms with Crippen molar-refractivity contribution in [2.45, 2.75) is 367 Å². The molecule has 0 aliphatic rings. The van der Waals surface area contributed by atoms with E-state index in [9.17, 15) is 14.4 Å². The van der Waals surface area contributed by atoms with E-state index in [1.165, 1.54) is 244 Å². The van der Waals surface area contributed by atoms with E-state index in [-0.39, 0.29) is 31.1 Å². The number of hydrogen-bond donors (Lipinski definition) is 0. The largest absolute Gasteiger partial charge is 0.462 e. The molecule has 0 spiro atoms. The second-order valence-corrected chi connectivity index (χ2v) is 22.4. The lowest BCUT2D eigenvalue weighted by atomic mass is 10.0. The Morgan fingerprint density at radius 3 is 0.797 bits per heavy atom. The van der Waals surface area contributed by atoms with Gasteiger partial charge in [0.1, 0.15) is 13.2 Å². The summed E-state index contributed by atoms with van der Waals surface area (Å²) in [6, 6.07) is 0. The van der Waals surface area contributed by atoms with Crippen LogP contribution in [0.3, 0.4) is 0 Å². The van der Waals surface area contributed by atoms with Crippen LogP contribution in [0.25, 0.3) is 0 Å². The van der Waals surface area contributed by atoms with Crippen LogP contribution in [0.2, 0.25) is 0 Å². The Morgan fingerprint density at radius 2 is 0.500 bits per heavy atom. The van der Waals surface area contributed by atoms with Crippen LogP contribution >= 0.6 is 0 Å². The van der Waals surface area contributed by atoms with E-state index in [1.54, 1.807) is 0 Å². The lowest BCUT2D eigenvalue weighted by Crippen LogP contribution is -2.30. The second-order valence-electron chi connectivity index (χ2n) is 22.4. The van der Waals surface area contributed by atoms with Gasteiger partial charge in [-0.15, -0.1) is 0 Å². The Bertz CT molecular complexity index is 1240. The number of carbonyl (C=O) groups is 3. The van der Waals surface area contributed by atoms with Crippen LogP contribution in [-0.4, -0.2) is 37.2 Å². The van der Waals surface area contributed by atoms with Crippen molar-refractivity contribution < 1.29 is 28.6 Å². The maximum Gasteiger partial charge on any atom is 0.306 e. The van der Waals surface area contributed by atoms with E-state index >= 15 is 0 Å². The van der Waals surface area contributed by atoms with E-state index in [0.717, 1.165) is 77.0 Å². The molecule has 0 aliphatic heterocycles. The average Bonchev–Trinajstić information content (AvgIpc) is 3.40. The number of esters is 3. The first-order chi connectivity index (χ1) is 36.5. The van der Waals surface area contributed by atoms with Gasteiger partial charge < -0.3 is 14.2 Å². The molecule has 6 nitrogen and oxygen atoms in total. The molecule has 0 aliphatic carbocycles. The molecule has 0 aromatic heterocycles. The fourth-order valence-corrected chi connectivity index (χ4v) is 9.87. The number of ether oxygens (including phenoxy) is 3. The van der Waals surface area contributed by atoms with Gasteiger partial charge in [-0.05, 0) is 70.6 Å². The molecule has 1 atom stereocenters. The first-order valence-electron chi connectivity index (χ1n) is 33.0. The zero-order valence-corrected chi connectivity index (χ0v) is 49.9. The Morgan fingerprint density at radius 1 is 0.270 bits per heavy atom. The highest BCUT2D eigenvalue weighted by Gasteiger charge is 2.19. The van der Waals surface area contributed by atoms with Gasteiger partial charge in [0.05, 0.1) is 0 Å². The molecule has 0 fully saturated rings. The molecule has 0 aromatic rings. The van der Waals surface area contributed by atoms with Crippen molar-refractivity contribution in [3.63, 3.8) is 0 Å². The molecule has 0 rings (SSSR count). The molecule has 1 unspecified atom stereocenters. The van der Waals surface area contributed by atoms with E-state index in [1.807, 2.05) is 0 Å². The zero-order valence-electron chi connectivity index (χ0n) is 49.9. The van der Waals surface area contributed by atoms with Crippen molar-refractivity contribution in [2.75, 3.05) is 13.2 Å². The summed E-state index contributed by atoms with van der Waals surface area (Å²) in [6.45, 7) is 6.65. The maximum atomic E-state index is 12.9. The van der Waals surface area contributed by atoms with Crippen molar-refractivity contribution in [2.24, 2.45) is 0 Å². The number of rotatable bonds is 61. The highest BCUT2D eigenvalue weighted by atomic mass is 16.6. The molecular formula is C68H126O6. The molecule has 0 amide bonds. The van der Waals surface area contributed by atoms with Crippen molar-refractivity contribution in [3.05, 3.63) is 36.5 Å². The third-order valence-corrected chi connectivity index (χ3v) is 14.9. The minimum atomic E-state index is -0.776. The quantitative estimate of drug-likeness (QED) is 0.0261. The highest BCUT2D eigenvalue weighted by molar-refractivity contribution is 5.71. The van der Waals surface area contributed by atoms with Gasteiger partial charge in [-0.1, -0.05) is 308 Å². The first kappa shape index (κ1) is 71.6. The van der Waals surface area contributed by atoms with Crippen LogP contribution in [0.15, 0.2) is 36.5 Å².